The van der Waals surface area contributed by atoms with Gasteiger partial charge in [0.15, 0.2) is 5.17 Å². The van der Waals surface area contributed by atoms with E-state index in [1.165, 1.54) is 23.0 Å². The highest BCUT2D eigenvalue weighted by Crippen LogP contribution is 2.45. The molecule has 0 bridgehead atoms. The SMILES string of the molecule is COc1cc2c(cc1/C=C1/SC(=Nc3cc(C)cc(C)c3)NC1=O)C(C)CC(C)(C)N2C. The summed E-state index contributed by atoms with van der Waals surface area (Å²) in [5, 5.41) is 3.49. The van der Waals surface area contributed by atoms with E-state index in [1.807, 2.05) is 32.1 Å². The van der Waals surface area contributed by atoms with Crippen molar-refractivity contribution < 1.29 is 9.53 Å². The predicted molar refractivity (Wildman–Crippen MR) is 135 cm³/mol. The molecule has 0 saturated carbocycles. The van der Waals surface area contributed by atoms with Gasteiger partial charge in [-0.1, -0.05) is 13.0 Å². The maximum Gasteiger partial charge on any atom is 0.264 e. The maximum atomic E-state index is 12.7. The molecule has 2 aliphatic heterocycles. The Labute approximate surface area is 194 Å². The van der Waals surface area contributed by atoms with E-state index in [0.29, 0.717) is 16.0 Å². The van der Waals surface area contributed by atoms with E-state index in [9.17, 15) is 4.79 Å². The molecule has 1 fully saturated rings. The third kappa shape index (κ3) is 4.29. The van der Waals surface area contributed by atoms with Crippen molar-refractivity contribution in [3.8, 4) is 5.75 Å². The smallest absolute Gasteiger partial charge is 0.264 e. The highest BCUT2D eigenvalue weighted by Gasteiger charge is 2.35. The Morgan fingerprint density at radius 1 is 1.19 bits per heavy atom. The zero-order chi connectivity index (χ0) is 23.2. The van der Waals surface area contributed by atoms with Crippen LogP contribution in [0.15, 0.2) is 40.2 Å². The van der Waals surface area contributed by atoms with Gasteiger partial charge in [0.2, 0.25) is 0 Å². The van der Waals surface area contributed by atoms with Crippen LogP contribution in [-0.4, -0.2) is 30.8 Å². The van der Waals surface area contributed by atoms with Gasteiger partial charge in [0.25, 0.3) is 5.91 Å². The molecule has 2 aromatic carbocycles. The number of aliphatic imine (C=N–C) groups is 1. The van der Waals surface area contributed by atoms with Crippen molar-refractivity contribution in [1.29, 1.82) is 0 Å². The quantitative estimate of drug-likeness (QED) is 0.591. The number of aryl methyl sites for hydroxylation is 2. The van der Waals surface area contributed by atoms with E-state index in [0.717, 1.165) is 34.5 Å². The van der Waals surface area contributed by atoms with E-state index < -0.39 is 0 Å². The number of nitrogens with zero attached hydrogens (tertiary/aromatic N) is 2. The van der Waals surface area contributed by atoms with Gasteiger partial charge < -0.3 is 15.0 Å². The number of ether oxygens (including phenoxy) is 1. The fourth-order valence-corrected chi connectivity index (χ4v) is 5.49. The maximum absolute atomic E-state index is 12.7. The number of fused-ring (bicyclic) bond motifs is 1. The largest absolute Gasteiger partial charge is 0.496 e. The molecule has 0 spiro atoms. The highest BCUT2D eigenvalue weighted by atomic mass is 32.2. The van der Waals surface area contributed by atoms with Crippen molar-refractivity contribution >= 4 is 40.3 Å². The molecule has 0 aromatic heterocycles. The molecule has 2 heterocycles. The first kappa shape index (κ1) is 22.5. The number of amides is 1. The molecule has 1 saturated heterocycles. The van der Waals surface area contributed by atoms with E-state index in [4.69, 9.17) is 4.74 Å². The molecule has 32 heavy (non-hydrogen) atoms. The number of amidine groups is 1. The molecule has 1 atom stereocenters. The van der Waals surface area contributed by atoms with Gasteiger partial charge in [0.1, 0.15) is 5.75 Å². The van der Waals surface area contributed by atoms with Gasteiger partial charge in [0.05, 0.1) is 17.7 Å². The van der Waals surface area contributed by atoms with Gasteiger partial charge in [-0.3, -0.25) is 4.79 Å². The number of methoxy groups -OCH3 is 1. The van der Waals surface area contributed by atoms with Gasteiger partial charge in [-0.15, -0.1) is 0 Å². The predicted octanol–water partition coefficient (Wildman–Crippen LogP) is 5.93. The lowest BCUT2D eigenvalue weighted by Crippen LogP contribution is -2.45. The summed E-state index contributed by atoms with van der Waals surface area (Å²) in [6.07, 6.45) is 2.98. The third-order valence-corrected chi connectivity index (χ3v) is 7.27. The molecule has 0 radical (unpaired) electrons. The lowest BCUT2D eigenvalue weighted by Gasteiger charge is -2.45. The molecule has 1 N–H and O–H groups in total. The van der Waals surface area contributed by atoms with Crippen LogP contribution in [0.25, 0.3) is 6.08 Å². The van der Waals surface area contributed by atoms with Crippen LogP contribution in [0.5, 0.6) is 5.75 Å². The molecule has 6 heteroatoms. The minimum absolute atomic E-state index is 0.0815. The van der Waals surface area contributed by atoms with Crippen molar-refractivity contribution in [2.45, 2.75) is 52.5 Å². The molecule has 0 aliphatic carbocycles. The average Bonchev–Trinajstić information content (AvgIpc) is 3.03. The summed E-state index contributed by atoms with van der Waals surface area (Å²) in [5.41, 5.74) is 6.61. The average molecular weight is 450 g/mol. The molecule has 1 amide bonds. The van der Waals surface area contributed by atoms with Gasteiger partial charge in [-0.05, 0) is 92.8 Å². The number of anilines is 1. The Hall–Kier alpha value is -2.73. The number of nitrogens with one attached hydrogen (secondary N) is 1. The normalized spacial score (nSPS) is 22.3. The number of hydrogen-bond donors (Lipinski definition) is 1. The van der Waals surface area contributed by atoms with Crippen LogP contribution in [-0.2, 0) is 4.79 Å². The number of carbonyl (C=O) groups excluding carboxylic acids is 1. The van der Waals surface area contributed by atoms with Gasteiger partial charge in [0, 0.05) is 29.9 Å². The fraction of sp³-hybridized carbons (Fsp3) is 0.385. The van der Waals surface area contributed by atoms with E-state index in [2.05, 4.69) is 61.2 Å². The number of carbonyl (C=O) groups is 1. The second-order valence-electron chi connectivity index (χ2n) is 9.46. The zero-order valence-electron chi connectivity index (χ0n) is 19.9. The van der Waals surface area contributed by atoms with Crippen LogP contribution < -0.4 is 15.0 Å². The summed E-state index contributed by atoms with van der Waals surface area (Å²) in [6, 6.07) is 10.4. The van der Waals surface area contributed by atoms with Crippen molar-refractivity contribution in [3.63, 3.8) is 0 Å². The van der Waals surface area contributed by atoms with Crippen molar-refractivity contribution in [1.82, 2.24) is 5.32 Å². The second kappa shape index (κ2) is 8.32. The minimum Gasteiger partial charge on any atom is -0.496 e. The van der Waals surface area contributed by atoms with Gasteiger partial charge in [-0.25, -0.2) is 4.99 Å². The first-order valence-corrected chi connectivity index (χ1v) is 11.7. The van der Waals surface area contributed by atoms with Gasteiger partial charge in [-0.2, -0.15) is 0 Å². The number of benzene rings is 2. The summed E-state index contributed by atoms with van der Waals surface area (Å²) in [6.45, 7) is 10.9. The molecule has 2 aromatic rings. The molecular weight excluding hydrogens is 418 g/mol. The van der Waals surface area contributed by atoms with Crippen LogP contribution >= 0.6 is 11.8 Å². The highest BCUT2D eigenvalue weighted by molar-refractivity contribution is 8.18. The molecule has 5 nitrogen and oxygen atoms in total. The summed E-state index contributed by atoms with van der Waals surface area (Å²) >= 11 is 1.36. The number of hydrogen-bond acceptors (Lipinski definition) is 5. The summed E-state index contributed by atoms with van der Waals surface area (Å²) in [4.78, 5) is 20.3. The lowest BCUT2D eigenvalue weighted by atomic mass is 9.80. The van der Waals surface area contributed by atoms with Crippen molar-refractivity contribution in [3.05, 3.63) is 57.5 Å². The van der Waals surface area contributed by atoms with E-state index in [1.54, 1.807) is 7.11 Å². The second-order valence-corrected chi connectivity index (χ2v) is 10.5. The van der Waals surface area contributed by atoms with E-state index >= 15 is 0 Å². The van der Waals surface area contributed by atoms with E-state index in [-0.39, 0.29) is 11.4 Å². The monoisotopic (exact) mass is 449 g/mol. The van der Waals surface area contributed by atoms with Gasteiger partial charge >= 0.3 is 0 Å². The van der Waals surface area contributed by atoms with Crippen LogP contribution in [0, 0.1) is 13.8 Å². The Kier molecular flexibility index (Phi) is 5.84. The summed E-state index contributed by atoms with van der Waals surface area (Å²) in [5.74, 6) is 1.05. The van der Waals surface area contributed by atoms with Crippen LogP contribution in [0.3, 0.4) is 0 Å². The topological polar surface area (TPSA) is 53.9 Å². The molecule has 168 valence electrons. The first-order chi connectivity index (χ1) is 15.1. The Balaban J connectivity index is 1.69. The van der Waals surface area contributed by atoms with Crippen molar-refractivity contribution in [2.75, 3.05) is 19.1 Å². The van der Waals surface area contributed by atoms with Crippen LogP contribution in [0.4, 0.5) is 11.4 Å². The molecule has 4 rings (SSSR count). The molecular formula is C26H31N3O2S. The Morgan fingerprint density at radius 2 is 1.88 bits per heavy atom. The number of rotatable bonds is 3. The summed E-state index contributed by atoms with van der Waals surface area (Å²) in [7, 11) is 3.81. The Bertz CT molecular complexity index is 1130. The zero-order valence-corrected chi connectivity index (χ0v) is 20.7. The molecule has 2 aliphatic rings. The minimum atomic E-state index is -0.135. The Morgan fingerprint density at radius 3 is 2.53 bits per heavy atom. The van der Waals surface area contributed by atoms with Crippen LogP contribution in [0.1, 0.15) is 55.4 Å². The standard InChI is InChI=1S/C26H31N3O2S/c1-15-8-16(2)10-19(9-15)27-25-28-24(30)23(32-25)12-18-11-20-17(3)14-26(4,5)29(6)21(20)13-22(18)31-7/h8-13,17H,14H2,1-7H3,(H,27,28,30)/b23-12+. The third-order valence-electron chi connectivity index (χ3n) is 6.36. The summed E-state index contributed by atoms with van der Waals surface area (Å²) < 4.78 is 5.72. The first-order valence-electron chi connectivity index (χ1n) is 10.9. The lowest BCUT2D eigenvalue weighted by molar-refractivity contribution is -0.115. The fourth-order valence-electron chi connectivity index (χ4n) is 4.65. The van der Waals surface area contributed by atoms with Crippen molar-refractivity contribution in [2.24, 2.45) is 4.99 Å². The van der Waals surface area contributed by atoms with Crippen LogP contribution in [0.2, 0.25) is 0 Å². The number of thioether (sulfide) groups is 1. The molecule has 1 unspecified atom stereocenters.